The zero-order valence-corrected chi connectivity index (χ0v) is 11.2. The third-order valence-corrected chi connectivity index (χ3v) is 3.48. The molecule has 0 bridgehead atoms. The first-order valence-electron chi connectivity index (χ1n) is 6.45. The van der Waals surface area contributed by atoms with Crippen LogP contribution in [0.15, 0.2) is 0 Å². The van der Waals surface area contributed by atoms with Crippen molar-refractivity contribution in [2.24, 2.45) is 5.41 Å². The van der Waals surface area contributed by atoms with Gasteiger partial charge in [-0.25, -0.2) is 4.79 Å². The number of carboxylic acid groups (broad SMARTS) is 1. The normalized spacial score (nSPS) is 18.8. The van der Waals surface area contributed by atoms with Gasteiger partial charge < -0.3 is 15.7 Å². The van der Waals surface area contributed by atoms with Gasteiger partial charge in [0.25, 0.3) is 0 Å². The Hall–Kier alpha value is -1.47. The van der Waals surface area contributed by atoms with Crippen LogP contribution >= 0.6 is 0 Å². The fourth-order valence-corrected chi connectivity index (χ4v) is 2.35. The Morgan fingerprint density at radius 2 is 1.95 bits per heavy atom. The molecule has 116 valence electrons. The highest BCUT2D eigenvalue weighted by Crippen LogP contribution is 2.43. The largest absolute Gasteiger partial charge is 0.481 e. The van der Waals surface area contributed by atoms with Crippen molar-refractivity contribution in [3.63, 3.8) is 0 Å². The number of carbonyl (C=O) groups excluding carboxylic acids is 1. The number of carboxylic acids is 1. The topological polar surface area (TPSA) is 78.4 Å². The molecule has 1 atom stereocenters. The van der Waals surface area contributed by atoms with Gasteiger partial charge in [-0.3, -0.25) is 4.79 Å². The summed E-state index contributed by atoms with van der Waals surface area (Å²) in [6, 6.07) is -1.72. The molecular weight excluding hydrogens is 277 g/mol. The number of carbonyl (C=O) groups is 2. The van der Waals surface area contributed by atoms with Gasteiger partial charge in [-0.05, 0) is 25.2 Å². The summed E-state index contributed by atoms with van der Waals surface area (Å²) in [5.41, 5.74) is -0.448. The summed E-state index contributed by atoms with van der Waals surface area (Å²) in [5.74, 6) is -0.933. The second kappa shape index (κ2) is 6.32. The molecule has 0 heterocycles. The van der Waals surface area contributed by atoms with Crippen molar-refractivity contribution >= 4 is 12.0 Å². The Bertz CT molecular complexity index is 367. The van der Waals surface area contributed by atoms with Crippen molar-refractivity contribution < 1.29 is 27.9 Å². The van der Waals surface area contributed by atoms with Gasteiger partial charge in [-0.1, -0.05) is 6.42 Å². The maximum Gasteiger partial charge on any atom is 0.391 e. The van der Waals surface area contributed by atoms with Crippen LogP contribution in [0.2, 0.25) is 0 Å². The van der Waals surface area contributed by atoms with Crippen LogP contribution in [0.5, 0.6) is 0 Å². The number of nitrogens with one attached hydrogen (secondary N) is 2. The van der Waals surface area contributed by atoms with Crippen molar-refractivity contribution in [3.05, 3.63) is 0 Å². The summed E-state index contributed by atoms with van der Waals surface area (Å²) in [6.07, 6.45) is -3.15. The van der Waals surface area contributed by atoms with Gasteiger partial charge in [-0.2, -0.15) is 13.2 Å². The van der Waals surface area contributed by atoms with Crippen LogP contribution in [0.1, 0.15) is 39.0 Å². The predicted octanol–water partition coefficient (Wildman–Crippen LogP) is 2.27. The molecule has 1 saturated carbocycles. The Labute approximate surface area is 114 Å². The molecular formula is C12H19F3N2O3. The van der Waals surface area contributed by atoms with Gasteiger partial charge in [-0.15, -0.1) is 0 Å². The molecule has 0 aliphatic heterocycles. The van der Waals surface area contributed by atoms with E-state index in [1.54, 1.807) is 0 Å². The molecule has 0 radical (unpaired) electrons. The van der Waals surface area contributed by atoms with Crippen molar-refractivity contribution in [2.75, 3.05) is 6.54 Å². The molecule has 0 aromatic carbocycles. The van der Waals surface area contributed by atoms with Gasteiger partial charge in [0.1, 0.15) is 0 Å². The number of aliphatic carboxylic acids is 1. The maximum atomic E-state index is 12.1. The van der Waals surface area contributed by atoms with E-state index in [2.05, 4.69) is 10.6 Å². The van der Waals surface area contributed by atoms with Crippen LogP contribution in [0, 0.1) is 5.41 Å². The number of hydrogen-bond donors (Lipinski definition) is 3. The number of alkyl halides is 3. The molecule has 0 aromatic rings. The van der Waals surface area contributed by atoms with Crippen LogP contribution in [0.3, 0.4) is 0 Å². The molecule has 0 saturated heterocycles. The van der Waals surface area contributed by atoms with E-state index in [4.69, 9.17) is 5.11 Å². The van der Waals surface area contributed by atoms with E-state index in [0.717, 1.165) is 6.42 Å². The lowest BCUT2D eigenvalue weighted by molar-refractivity contribution is -0.141. The molecule has 5 nitrogen and oxygen atoms in total. The van der Waals surface area contributed by atoms with E-state index in [1.807, 2.05) is 0 Å². The first-order valence-corrected chi connectivity index (χ1v) is 6.45. The summed E-state index contributed by atoms with van der Waals surface area (Å²) >= 11 is 0. The van der Waals surface area contributed by atoms with Crippen molar-refractivity contribution in [1.82, 2.24) is 10.6 Å². The standard InChI is InChI=1S/C12H19F3N2O3/c1-8(5-12(13,14)15)17-10(20)16-7-11(3-2-4-11)6-9(18)19/h8H,2-7H2,1H3,(H,18,19)(H2,16,17,20). The van der Waals surface area contributed by atoms with Gasteiger partial charge in [0, 0.05) is 12.6 Å². The van der Waals surface area contributed by atoms with Crippen LogP contribution < -0.4 is 10.6 Å². The highest BCUT2D eigenvalue weighted by atomic mass is 19.4. The van der Waals surface area contributed by atoms with Gasteiger partial charge in [0.05, 0.1) is 12.8 Å². The lowest BCUT2D eigenvalue weighted by Gasteiger charge is -2.40. The third-order valence-electron chi connectivity index (χ3n) is 3.48. The third kappa shape index (κ3) is 5.66. The Morgan fingerprint density at radius 1 is 1.35 bits per heavy atom. The fourth-order valence-electron chi connectivity index (χ4n) is 2.35. The van der Waals surface area contributed by atoms with Crippen LogP contribution in [0.25, 0.3) is 0 Å². The Kier molecular flexibility index (Phi) is 5.24. The number of urea groups is 1. The number of rotatable bonds is 6. The first kappa shape index (κ1) is 16.6. The van der Waals surface area contributed by atoms with Gasteiger partial charge in [0.2, 0.25) is 0 Å². The highest BCUT2D eigenvalue weighted by Gasteiger charge is 2.39. The summed E-state index contributed by atoms with van der Waals surface area (Å²) in [4.78, 5) is 22.2. The molecule has 1 aliphatic carbocycles. The number of halogens is 3. The van der Waals surface area contributed by atoms with E-state index in [-0.39, 0.29) is 13.0 Å². The second-order valence-electron chi connectivity index (χ2n) is 5.47. The van der Waals surface area contributed by atoms with Crippen LogP contribution in [-0.4, -0.2) is 35.9 Å². The molecule has 0 spiro atoms. The molecule has 2 amide bonds. The highest BCUT2D eigenvalue weighted by molar-refractivity contribution is 5.74. The molecule has 1 unspecified atom stereocenters. The lowest BCUT2D eigenvalue weighted by Crippen LogP contribution is -2.48. The summed E-state index contributed by atoms with van der Waals surface area (Å²) in [6.45, 7) is 1.44. The Morgan fingerprint density at radius 3 is 2.35 bits per heavy atom. The van der Waals surface area contributed by atoms with Gasteiger partial charge in [0.15, 0.2) is 0 Å². The lowest BCUT2D eigenvalue weighted by atomic mass is 9.66. The van der Waals surface area contributed by atoms with E-state index in [9.17, 15) is 22.8 Å². The maximum absolute atomic E-state index is 12.1. The zero-order chi connectivity index (χ0) is 15.4. The van der Waals surface area contributed by atoms with E-state index >= 15 is 0 Å². The second-order valence-corrected chi connectivity index (χ2v) is 5.47. The minimum Gasteiger partial charge on any atom is -0.481 e. The molecule has 3 N–H and O–H groups in total. The first-order chi connectivity index (χ1) is 9.12. The average Bonchev–Trinajstić information content (AvgIpc) is 2.18. The summed E-state index contributed by atoms with van der Waals surface area (Å²) in [5, 5.41) is 13.5. The Balaban J connectivity index is 2.34. The van der Waals surface area contributed by atoms with Gasteiger partial charge >= 0.3 is 18.2 Å². The van der Waals surface area contributed by atoms with Crippen molar-refractivity contribution in [3.8, 4) is 0 Å². The molecule has 1 aliphatic rings. The van der Waals surface area contributed by atoms with E-state index in [1.165, 1.54) is 6.92 Å². The van der Waals surface area contributed by atoms with E-state index in [0.29, 0.717) is 12.8 Å². The molecule has 20 heavy (non-hydrogen) atoms. The summed E-state index contributed by atoms with van der Waals surface area (Å²) < 4.78 is 36.3. The van der Waals surface area contributed by atoms with Crippen molar-refractivity contribution in [1.29, 1.82) is 0 Å². The fraction of sp³-hybridized carbons (Fsp3) is 0.833. The molecule has 8 heteroatoms. The number of amides is 2. The molecule has 1 rings (SSSR count). The van der Waals surface area contributed by atoms with Crippen LogP contribution in [-0.2, 0) is 4.79 Å². The molecule has 1 fully saturated rings. The van der Waals surface area contributed by atoms with Crippen molar-refractivity contribution in [2.45, 2.75) is 51.2 Å². The zero-order valence-electron chi connectivity index (χ0n) is 11.2. The quantitative estimate of drug-likeness (QED) is 0.703. The molecule has 0 aromatic heterocycles. The minimum absolute atomic E-state index is 0.0363. The monoisotopic (exact) mass is 296 g/mol. The predicted molar refractivity (Wildman–Crippen MR) is 65.2 cm³/mol. The van der Waals surface area contributed by atoms with E-state index < -0.39 is 36.1 Å². The van der Waals surface area contributed by atoms with Crippen LogP contribution in [0.4, 0.5) is 18.0 Å². The minimum atomic E-state index is -4.33. The summed E-state index contributed by atoms with van der Waals surface area (Å²) in [7, 11) is 0. The average molecular weight is 296 g/mol. The SMILES string of the molecule is CC(CC(F)(F)F)NC(=O)NCC1(CC(=O)O)CCC1. The number of hydrogen-bond acceptors (Lipinski definition) is 2. The smallest absolute Gasteiger partial charge is 0.391 e.